The number of rotatable bonds is 4. The first kappa shape index (κ1) is 13.5. The van der Waals surface area contributed by atoms with Gasteiger partial charge in [-0.2, -0.15) is 0 Å². The molecule has 1 atom stereocenters. The van der Waals surface area contributed by atoms with Gasteiger partial charge in [-0.1, -0.05) is 12.1 Å². The molecule has 0 spiro atoms. The fourth-order valence-electron chi connectivity index (χ4n) is 1.90. The fourth-order valence-corrected chi connectivity index (χ4v) is 1.90. The fraction of sp³-hybridized carbons (Fsp3) is 0.200. The maximum Gasteiger partial charge on any atom is 0.160 e. The molecule has 0 aliphatic carbocycles. The summed E-state index contributed by atoms with van der Waals surface area (Å²) in [6.07, 6.45) is 0.666. The van der Waals surface area contributed by atoms with Crippen LogP contribution in [0.3, 0.4) is 0 Å². The lowest BCUT2D eigenvalue weighted by atomic mass is 10.1. The van der Waals surface area contributed by atoms with Crippen LogP contribution in [-0.2, 0) is 6.42 Å². The van der Waals surface area contributed by atoms with Gasteiger partial charge in [0.15, 0.2) is 11.6 Å². The summed E-state index contributed by atoms with van der Waals surface area (Å²) in [4.78, 5) is 0. The second kappa shape index (κ2) is 5.78. The predicted molar refractivity (Wildman–Crippen MR) is 69.5 cm³/mol. The largest absolute Gasteiger partial charge is 0.382 e. The van der Waals surface area contributed by atoms with Crippen molar-refractivity contribution in [3.05, 3.63) is 65.5 Å². The molecule has 2 aromatic carbocycles. The molecule has 1 N–H and O–H groups in total. The Morgan fingerprint density at radius 2 is 1.63 bits per heavy atom. The Kier molecular flexibility index (Phi) is 4.10. The van der Waals surface area contributed by atoms with Gasteiger partial charge in [-0.3, -0.25) is 0 Å². The molecule has 2 aromatic rings. The zero-order valence-corrected chi connectivity index (χ0v) is 10.5. The lowest BCUT2D eigenvalue weighted by Gasteiger charge is -2.15. The monoisotopic (exact) mass is 265 g/mol. The number of anilines is 1. The lowest BCUT2D eigenvalue weighted by Crippen LogP contribution is -2.18. The maximum atomic E-state index is 13.0. The molecule has 2 rings (SSSR count). The molecule has 0 amide bonds. The van der Waals surface area contributed by atoms with Crippen LogP contribution in [0.15, 0.2) is 42.5 Å². The zero-order valence-electron chi connectivity index (χ0n) is 10.5. The van der Waals surface area contributed by atoms with Gasteiger partial charge in [0.25, 0.3) is 0 Å². The Balaban J connectivity index is 1.98. The number of hydrogen-bond acceptors (Lipinski definition) is 1. The summed E-state index contributed by atoms with van der Waals surface area (Å²) in [5.41, 5.74) is 1.50. The Bertz CT molecular complexity index is 552. The van der Waals surface area contributed by atoms with Crippen molar-refractivity contribution < 1.29 is 13.2 Å². The van der Waals surface area contributed by atoms with Crippen molar-refractivity contribution in [3.8, 4) is 0 Å². The third-order valence-corrected chi connectivity index (χ3v) is 2.79. The van der Waals surface area contributed by atoms with Crippen LogP contribution in [0, 0.1) is 17.5 Å². The van der Waals surface area contributed by atoms with E-state index in [0.29, 0.717) is 12.1 Å². The number of benzene rings is 2. The van der Waals surface area contributed by atoms with Gasteiger partial charge in [0, 0.05) is 17.8 Å². The molecule has 19 heavy (non-hydrogen) atoms. The highest BCUT2D eigenvalue weighted by molar-refractivity contribution is 5.44. The molecule has 0 aromatic heterocycles. The van der Waals surface area contributed by atoms with Gasteiger partial charge >= 0.3 is 0 Å². The standard InChI is InChI=1S/C15H14F3N/c1-10(8-11-2-4-12(16)5-3-11)19-13-6-7-14(17)15(18)9-13/h2-7,9-10,19H,8H2,1H3. The minimum atomic E-state index is -0.876. The van der Waals surface area contributed by atoms with Gasteiger partial charge in [-0.25, -0.2) is 13.2 Å². The molecule has 0 aliphatic rings. The Hall–Kier alpha value is -1.97. The summed E-state index contributed by atoms with van der Waals surface area (Å²) < 4.78 is 38.6. The summed E-state index contributed by atoms with van der Waals surface area (Å²) >= 11 is 0. The SMILES string of the molecule is CC(Cc1ccc(F)cc1)Nc1ccc(F)c(F)c1. The molecule has 0 fully saturated rings. The van der Waals surface area contributed by atoms with Crippen LogP contribution in [-0.4, -0.2) is 6.04 Å². The van der Waals surface area contributed by atoms with Gasteiger partial charge < -0.3 is 5.32 Å². The number of halogens is 3. The first-order valence-electron chi connectivity index (χ1n) is 6.00. The smallest absolute Gasteiger partial charge is 0.160 e. The summed E-state index contributed by atoms with van der Waals surface area (Å²) in [6, 6.07) is 9.94. The third kappa shape index (κ3) is 3.74. The van der Waals surface area contributed by atoms with Crippen LogP contribution >= 0.6 is 0 Å². The number of nitrogens with one attached hydrogen (secondary N) is 1. The highest BCUT2D eigenvalue weighted by Gasteiger charge is 2.06. The normalized spacial score (nSPS) is 12.2. The highest BCUT2D eigenvalue weighted by Crippen LogP contribution is 2.15. The molecule has 0 radical (unpaired) electrons. The number of hydrogen-bond donors (Lipinski definition) is 1. The molecule has 0 saturated heterocycles. The van der Waals surface area contributed by atoms with Crippen LogP contribution in [0.5, 0.6) is 0 Å². The van der Waals surface area contributed by atoms with E-state index in [1.807, 2.05) is 6.92 Å². The maximum absolute atomic E-state index is 13.0. The second-order valence-electron chi connectivity index (χ2n) is 4.50. The van der Waals surface area contributed by atoms with E-state index >= 15 is 0 Å². The van der Waals surface area contributed by atoms with Crippen LogP contribution in [0.4, 0.5) is 18.9 Å². The van der Waals surface area contributed by atoms with Crippen molar-refractivity contribution in [2.75, 3.05) is 5.32 Å². The van der Waals surface area contributed by atoms with Crippen molar-refractivity contribution in [2.24, 2.45) is 0 Å². The second-order valence-corrected chi connectivity index (χ2v) is 4.50. The van der Waals surface area contributed by atoms with Crippen molar-refractivity contribution in [1.82, 2.24) is 0 Å². The summed E-state index contributed by atoms with van der Waals surface area (Å²) in [7, 11) is 0. The predicted octanol–water partition coefficient (Wildman–Crippen LogP) is 4.15. The molecule has 0 bridgehead atoms. The quantitative estimate of drug-likeness (QED) is 0.875. The average molecular weight is 265 g/mol. The molecule has 100 valence electrons. The van der Waals surface area contributed by atoms with E-state index in [-0.39, 0.29) is 11.9 Å². The van der Waals surface area contributed by atoms with E-state index in [9.17, 15) is 13.2 Å². The van der Waals surface area contributed by atoms with E-state index in [4.69, 9.17) is 0 Å². The molecule has 0 aliphatic heterocycles. The van der Waals surface area contributed by atoms with Crippen molar-refractivity contribution in [3.63, 3.8) is 0 Å². The highest BCUT2D eigenvalue weighted by atomic mass is 19.2. The zero-order chi connectivity index (χ0) is 13.8. The third-order valence-electron chi connectivity index (χ3n) is 2.79. The molecule has 0 heterocycles. The van der Waals surface area contributed by atoms with Crippen LogP contribution in [0.2, 0.25) is 0 Å². The first-order valence-corrected chi connectivity index (χ1v) is 6.00. The molecule has 1 nitrogen and oxygen atoms in total. The van der Waals surface area contributed by atoms with Crippen LogP contribution in [0.1, 0.15) is 12.5 Å². The van der Waals surface area contributed by atoms with E-state index in [1.165, 1.54) is 18.2 Å². The summed E-state index contributed by atoms with van der Waals surface area (Å²) in [5.74, 6) is -2.01. The molecule has 4 heteroatoms. The van der Waals surface area contributed by atoms with Gasteiger partial charge in [-0.15, -0.1) is 0 Å². The Morgan fingerprint density at radius 3 is 2.26 bits per heavy atom. The van der Waals surface area contributed by atoms with E-state index in [2.05, 4.69) is 5.32 Å². The van der Waals surface area contributed by atoms with E-state index < -0.39 is 11.6 Å². The Labute approximate surface area is 110 Å². The topological polar surface area (TPSA) is 12.0 Å². The minimum absolute atomic E-state index is 0.0234. The molecular weight excluding hydrogens is 251 g/mol. The summed E-state index contributed by atoms with van der Waals surface area (Å²) in [5, 5.41) is 3.07. The van der Waals surface area contributed by atoms with E-state index in [1.54, 1.807) is 12.1 Å². The lowest BCUT2D eigenvalue weighted by molar-refractivity contribution is 0.509. The van der Waals surface area contributed by atoms with E-state index in [0.717, 1.165) is 17.7 Å². The summed E-state index contributed by atoms with van der Waals surface area (Å²) in [6.45, 7) is 1.92. The molecule has 0 saturated carbocycles. The first-order chi connectivity index (χ1) is 9.04. The van der Waals surface area contributed by atoms with Crippen molar-refractivity contribution >= 4 is 5.69 Å². The molecular formula is C15H14F3N. The van der Waals surface area contributed by atoms with Crippen LogP contribution < -0.4 is 5.32 Å². The van der Waals surface area contributed by atoms with Gasteiger partial charge in [0.2, 0.25) is 0 Å². The van der Waals surface area contributed by atoms with Crippen LogP contribution in [0.25, 0.3) is 0 Å². The van der Waals surface area contributed by atoms with Crippen molar-refractivity contribution in [2.45, 2.75) is 19.4 Å². The minimum Gasteiger partial charge on any atom is -0.382 e. The molecule has 1 unspecified atom stereocenters. The Morgan fingerprint density at radius 1 is 0.947 bits per heavy atom. The van der Waals surface area contributed by atoms with Gasteiger partial charge in [0.05, 0.1) is 0 Å². The van der Waals surface area contributed by atoms with Gasteiger partial charge in [-0.05, 0) is 43.2 Å². The van der Waals surface area contributed by atoms with Gasteiger partial charge in [0.1, 0.15) is 5.82 Å². The average Bonchev–Trinajstić information content (AvgIpc) is 2.37. The van der Waals surface area contributed by atoms with Crippen molar-refractivity contribution in [1.29, 1.82) is 0 Å².